The maximum Gasteiger partial charge on any atom is 0.306 e. The molecular weight excluding hydrogens is 798 g/mol. The molecule has 10 heteroatoms. The number of allylic oxidation sites excluding steroid dienone is 2. The first kappa shape index (κ1) is 60.8. The highest BCUT2D eigenvalue weighted by Gasteiger charge is 2.21. The molecule has 368 valence electrons. The normalized spacial score (nSPS) is 13.5. The van der Waals surface area contributed by atoms with Crippen LogP contribution in [0.2, 0.25) is 0 Å². The van der Waals surface area contributed by atoms with Gasteiger partial charge in [0.15, 0.2) is 6.10 Å². The summed E-state index contributed by atoms with van der Waals surface area (Å²) in [6.07, 6.45) is 49.5. The van der Waals surface area contributed by atoms with E-state index < -0.39 is 26.5 Å². The van der Waals surface area contributed by atoms with E-state index in [1.807, 2.05) is 21.1 Å². The van der Waals surface area contributed by atoms with Crippen LogP contribution in [0, 0.1) is 0 Å². The molecule has 9 nitrogen and oxygen atoms in total. The molecule has 0 amide bonds. The van der Waals surface area contributed by atoms with E-state index in [0.29, 0.717) is 17.4 Å². The van der Waals surface area contributed by atoms with E-state index >= 15 is 0 Å². The fourth-order valence-electron chi connectivity index (χ4n) is 7.65. The Morgan fingerprint density at radius 2 is 0.823 bits per heavy atom. The van der Waals surface area contributed by atoms with Crippen LogP contribution in [0.5, 0.6) is 0 Å². The molecule has 0 saturated carbocycles. The number of phosphoric acid groups is 1. The van der Waals surface area contributed by atoms with Crippen LogP contribution in [-0.2, 0) is 32.7 Å². The van der Waals surface area contributed by atoms with Crippen molar-refractivity contribution in [3.8, 4) is 0 Å². The van der Waals surface area contributed by atoms with Gasteiger partial charge < -0.3 is 27.9 Å². The van der Waals surface area contributed by atoms with E-state index in [2.05, 4.69) is 26.0 Å². The minimum Gasteiger partial charge on any atom is -0.756 e. The molecule has 0 aliphatic carbocycles. The molecule has 0 aliphatic heterocycles. The first-order chi connectivity index (χ1) is 30.0. The van der Waals surface area contributed by atoms with Crippen molar-refractivity contribution in [3.05, 3.63) is 12.2 Å². The predicted molar refractivity (Wildman–Crippen MR) is 259 cm³/mol. The zero-order chi connectivity index (χ0) is 45.7. The average Bonchev–Trinajstić information content (AvgIpc) is 3.23. The van der Waals surface area contributed by atoms with Gasteiger partial charge in [0, 0.05) is 12.8 Å². The van der Waals surface area contributed by atoms with Gasteiger partial charge in [0.1, 0.15) is 19.8 Å². The fourth-order valence-corrected chi connectivity index (χ4v) is 8.38. The molecule has 0 aromatic rings. The number of phosphoric ester groups is 1. The highest BCUT2D eigenvalue weighted by molar-refractivity contribution is 7.45. The highest BCUT2D eigenvalue weighted by atomic mass is 31.2. The molecule has 0 spiro atoms. The van der Waals surface area contributed by atoms with Crippen molar-refractivity contribution >= 4 is 19.8 Å². The van der Waals surface area contributed by atoms with E-state index in [-0.39, 0.29) is 32.0 Å². The summed E-state index contributed by atoms with van der Waals surface area (Å²) in [5.74, 6) is -0.820. The van der Waals surface area contributed by atoms with Crippen LogP contribution in [0.15, 0.2) is 12.2 Å². The Bertz CT molecular complexity index is 1060. The number of esters is 2. The Balaban J connectivity index is 4.20. The zero-order valence-electron chi connectivity index (χ0n) is 41.6. The van der Waals surface area contributed by atoms with Crippen molar-refractivity contribution in [2.45, 2.75) is 264 Å². The number of rotatable bonds is 49. The molecule has 0 aromatic carbocycles. The summed E-state index contributed by atoms with van der Waals surface area (Å²) in [5.41, 5.74) is 0. The largest absolute Gasteiger partial charge is 0.756 e. The van der Waals surface area contributed by atoms with Gasteiger partial charge in [0.2, 0.25) is 0 Å². The van der Waals surface area contributed by atoms with Crippen LogP contribution in [-0.4, -0.2) is 70.0 Å². The van der Waals surface area contributed by atoms with Crippen molar-refractivity contribution in [3.63, 3.8) is 0 Å². The minimum atomic E-state index is -4.63. The van der Waals surface area contributed by atoms with Gasteiger partial charge in [-0.25, -0.2) is 0 Å². The third-order valence-electron chi connectivity index (χ3n) is 11.8. The maximum absolute atomic E-state index is 12.7. The molecule has 0 bridgehead atoms. The van der Waals surface area contributed by atoms with Gasteiger partial charge >= 0.3 is 11.9 Å². The lowest BCUT2D eigenvalue weighted by molar-refractivity contribution is -0.870. The van der Waals surface area contributed by atoms with Gasteiger partial charge in [-0.3, -0.25) is 14.2 Å². The van der Waals surface area contributed by atoms with Crippen LogP contribution in [0.3, 0.4) is 0 Å². The first-order valence-electron chi connectivity index (χ1n) is 26.4. The number of likely N-dealkylation sites (N-methyl/N-ethyl adjacent to an activating group) is 1. The maximum atomic E-state index is 12.7. The Morgan fingerprint density at radius 3 is 1.19 bits per heavy atom. The molecule has 62 heavy (non-hydrogen) atoms. The third kappa shape index (κ3) is 48.2. The summed E-state index contributed by atoms with van der Waals surface area (Å²) in [6.45, 7) is 4.28. The van der Waals surface area contributed by atoms with E-state index in [9.17, 15) is 19.0 Å². The zero-order valence-corrected chi connectivity index (χ0v) is 42.5. The van der Waals surface area contributed by atoms with Crippen LogP contribution in [0.1, 0.15) is 258 Å². The molecule has 0 N–H and O–H groups in total. The molecule has 2 atom stereocenters. The van der Waals surface area contributed by atoms with Crippen LogP contribution in [0.4, 0.5) is 0 Å². The molecule has 0 aromatic heterocycles. The topological polar surface area (TPSA) is 111 Å². The summed E-state index contributed by atoms with van der Waals surface area (Å²) < 4.78 is 34.1. The number of nitrogens with zero attached hydrogens (tertiary/aromatic N) is 1. The van der Waals surface area contributed by atoms with Gasteiger partial charge in [-0.05, 0) is 38.5 Å². The molecule has 0 rings (SSSR count). The lowest BCUT2D eigenvalue weighted by Crippen LogP contribution is -2.37. The third-order valence-corrected chi connectivity index (χ3v) is 12.7. The Labute approximate surface area is 384 Å². The van der Waals surface area contributed by atoms with Crippen molar-refractivity contribution in [2.75, 3.05) is 47.5 Å². The number of quaternary nitrogens is 1. The molecule has 0 saturated heterocycles. The summed E-state index contributed by atoms with van der Waals surface area (Å²) in [7, 11) is 1.18. The van der Waals surface area contributed by atoms with Crippen molar-refractivity contribution in [2.24, 2.45) is 0 Å². The quantitative estimate of drug-likeness (QED) is 0.0195. The molecule has 0 radical (unpaired) electrons. The number of carbonyl (C=O) groups is 2. The van der Waals surface area contributed by atoms with Gasteiger partial charge in [-0.2, -0.15) is 0 Å². The Morgan fingerprint density at radius 1 is 0.484 bits per heavy atom. The molecular formula is C52H102NO8P. The number of unbranched alkanes of at least 4 members (excludes halogenated alkanes) is 33. The second-order valence-corrected chi connectivity index (χ2v) is 20.7. The summed E-state index contributed by atoms with van der Waals surface area (Å²) in [6, 6.07) is 0. The second-order valence-electron chi connectivity index (χ2n) is 19.2. The van der Waals surface area contributed by atoms with Crippen molar-refractivity contribution in [1.82, 2.24) is 0 Å². The monoisotopic (exact) mass is 900 g/mol. The molecule has 0 heterocycles. The van der Waals surface area contributed by atoms with Crippen molar-refractivity contribution in [1.29, 1.82) is 0 Å². The lowest BCUT2D eigenvalue weighted by Gasteiger charge is -2.28. The van der Waals surface area contributed by atoms with Gasteiger partial charge in [-0.1, -0.05) is 219 Å². The van der Waals surface area contributed by atoms with E-state index in [0.717, 1.165) is 32.1 Å². The second kappa shape index (κ2) is 44.9. The smallest absolute Gasteiger partial charge is 0.306 e. The molecule has 0 aliphatic rings. The fraction of sp³-hybridized carbons (Fsp3) is 0.923. The van der Waals surface area contributed by atoms with Crippen molar-refractivity contribution < 1.29 is 42.1 Å². The average molecular weight is 900 g/mol. The van der Waals surface area contributed by atoms with Crippen LogP contribution >= 0.6 is 7.82 Å². The Kier molecular flexibility index (Phi) is 44.0. The summed E-state index contributed by atoms with van der Waals surface area (Å²) in [5, 5.41) is 0. The van der Waals surface area contributed by atoms with E-state index in [1.165, 1.54) is 193 Å². The van der Waals surface area contributed by atoms with Gasteiger partial charge in [0.05, 0.1) is 27.7 Å². The van der Waals surface area contributed by atoms with Crippen LogP contribution in [0.25, 0.3) is 0 Å². The van der Waals surface area contributed by atoms with Gasteiger partial charge in [0.25, 0.3) is 7.82 Å². The first-order valence-corrected chi connectivity index (χ1v) is 27.9. The van der Waals surface area contributed by atoms with E-state index in [1.54, 1.807) is 0 Å². The number of hydrogen-bond donors (Lipinski definition) is 0. The lowest BCUT2D eigenvalue weighted by atomic mass is 10.0. The molecule has 0 fully saturated rings. The number of ether oxygens (including phenoxy) is 2. The SMILES string of the molecule is CCCCCCCC/C=C/CCCCCCCCCCCC(=O)OC[C@H](COP(=O)([O-])OCC[N+](C)(C)C)OC(=O)CCCCCCCCCCCCCCCCCCCCC. The number of carbonyl (C=O) groups excluding carboxylic acids is 2. The van der Waals surface area contributed by atoms with Crippen LogP contribution < -0.4 is 4.89 Å². The minimum absolute atomic E-state index is 0.0274. The van der Waals surface area contributed by atoms with Gasteiger partial charge in [-0.15, -0.1) is 0 Å². The number of hydrogen-bond acceptors (Lipinski definition) is 8. The highest BCUT2D eigenvalue weighted by Crippen LogP contribution is 2.38. The Hall–Kier alpha value is -1.25. The van der Waals surface area contributed by atoms with E-state index in [4.69, 9.17) is 18.5 Å². The standard InChI is InChI=1S/C52H102NO8P/c1-6-8-10-12-14-16-18-20-22-24-26-28-30-32-34-36-38-40-42-44-51(54)58-48-50(49-60-62(56,57)59-47-46-53(3,4)5)61-52(55)45-43-41-39-37-35-33-31-29-27-25-23-21-19-17-15-13-11-9-7-2/h20,22,50H,6-19,21,23-49H2,1-5H3/b22-20+/t50-/m1/s1. The summed E-state index contributed by atoms with van der Waals surface area (Å²) >= 11 is 0. The molecule has 1 unspecified atom stereocenters. The predicted octanol–water partition coefficient (Wildman–Crippen LogP) is 15.1. The summed E-state index contributed by atoms with van der Waals surface area (Å²) in [4.78, 5) is 37.7.